The lowest BCUT2D eigenvalue weighted by Gasteiger charge is -2.08. The van der Waals surface area contributed by atoms with Crippen molar-refractivity contribution in [2.24, 2.45) is 0 Å². The smallest absolute Gasteiger partial charge is 0.412 e. The standard InChI is InChI=1S/C17H15FN4O3/c1-2-3-20-17(23)25-15-6-11(5-14(18)7-15)12-4-13(9-19-8-12)16-22-21-10-24-16/h4-10H,2-3H2,1H3,(H,20,23). The van der Waals surface area contributed by atoms with Crippen LogP contribution in [0.4, 0.5) is 9.18 Å². The molecule has 1 N–H and O–H groups in total. The van der Waals surface area contributed by atoms with Crippen molar-refractivity contribution in [3.8, 4) is 28.3 Å². The molecule has 1 aromatic carbocycles. The number of carbonyl (C=O) groups excluding carboxylic acids is 1. The molecule has 0 spiro atoms. The molecule has 0 radical (unpaired) electrons. The lowest BCUT2D eigenvalue weighted by Crippen LogP contribution is -2.27. The van der Waals surface area contributed by atoms with E-state index in [1.54, 1.807) is 24.5 Å². The van der Waals surface area contributed by atoms with E-state index in [1.807, 2.05) is 6.92 Å². The van der Waals surface area contributed by atoms with Crippen molar-refractivity contribution >= 4 is 6.09 Å². The average Bonchev–Trinajstić information content (AvgIpc) is 3.14. The number of rotatable bonds is 5. The van der Waals surface area contributed by atoms with Gasteiger partial charge in [-0.2, -0.15) is 0 Å². The van der Waals surface area contributed by atoms with E-state index in [1.165, 1.54) is 12.5 Å². The van der Waals surface area contributed by atoms with Gasteiger partial charge in [0.1, 0.15) is 11.6 Å². The van der Waals surface area contributed by atoms with Gasteiger partial charge in [0.05, 0.1) is 5.56 Å². The summed E-state index contributed by atoms with van der Waals surface area (Å²) in [6.07, 6.45) is 4.49. The molecule has 0 unspecified atom stereocenters. The largest absolute Gasteiger partial charge is 0.423 e. The van der Waals surface area contributed by atoms with Crippen LogP contribution in [0.1, 0.15) is 13.3 Å². The number of hydrogen-bond donors (Lipinski definition) is 1. The first-order valence-electron chi connectivity index (χ1n) is 7.64. The van der Waals surface area contributed by atoms with Crippen molar-refractivity contribution in [1.82, 2.24) is 20.5 Å². The van der Waals surface area contributed by atoms with Gasteiger partial charge in [-0.3, -0.25) is 4.98 Å². The Bertz CT molecular complexity index is 868. The van der Waals surface area contributed by atoms with Crippen LogP contribution in [0.25, 0.3) is 22.6 Å². The number of carbonyl (C=O) groups is 1. The quantitative estimate of drug-likeness (QED) is 0.764. The molecule has 0 bridgehead atoms. The second-order valence-electron chi connectivity index (χ2n) is 5.20. The summed E-state index contributed by atoms with van der Waals surface area (Å²) in [5.41, 5.74) is 1.73. The van der Waals surface area contributed by atoms with Gasteiger partial charge in [0.25, 0.3) is 0 Å². The van der Waals surface area contributed by atoms with Gasteiger partial charge in [-0.25, -0.2) is 9.18 Å². The van der Waals surface area contributed by atoms with E-state index in [0.717, 1.165) is 12.5 Å². The van der Waals surface area contributed by atoms with Gasteiger partial charge >= 0.3 is 6.09 Å². The topological polar surface area (TPSA) is 90.1 Å². The van der Waals surface area contributed by atoms with E-state index in [4.69, 9.17) is 9.15 Å². The van der Waals surface area contributed by atoms with Gasteiger partial charge in [0, 0.05) is 30.6 Å². The second kappa shape index (κ2) is 7.52. The third-order valence-electron chi connectivity index (χ3n) is 3.28. The Kier molecular flexibility index (Phi) is 4.98. The summed E-state index contributed by atoms with van der Waals surface area (Å²) in [4.78, 5) is 15.8. The molecular formula is C17H15FN4O3. The molecule has 3 rings (SSSR count). The molecule has 3 aromatic rings. The lowest BCUT2D eigenvalue weighted by atomic mass is 10.1. The fourth-order valence-electron chi connectivity index (χ4n) is 2.17. The predicted octanol–water partition coefficient (Wildman–Crippen LogP) is 3.44. The highest BCUT2D eigenvalue weighted by atomic mass is 19.1. The van der Waals surface area contributed by atoms with E-state index >= 15 is 0 Å². The summed E-state index contributed by atoms with van der Waals surface area (Å²) in [6, 6.07) is 5.76. The molecule has 0 atom stereocenters. The Hall–Kier alpha value is -3.29. The number of amides is 1. The number of hydrogen-bond acceptors (Lipinski definition) is 6. The molecule has 0 fully saturated rings. The number of halogens is 1. The second-order valence-corrected chi connectivity index (χ2v) is 5.20. The molecular weight excluding hydrogens is 327 g/mol. The minimum atomic E-state index is -0.629. The molecule has 0 saturated heterocycles. The molecule has 7 nitrogen and oxygen atoms in total. The average molecular weight is 342 g/mol. The van der Waals surface area contributed by atoms with Crippen LogP contribution in [0.15, 0.2) is 47.5 Å². The van der Waals surface area contributed by atoms with Crippen LogP contribution in [-0.2, 0) is 0 Å². The zero-order valence-electron chi connectivity index (χ0n) is 13.4. The molecule has 8 heteroatoms. The minimum Gasteiger partial charge on any atom is -0.423 e. The molecule has 25 heavy (non-hydrogen) atoms. The van der Waals surface area contributed by atoms with Gasteiger partial charge in [0.2, 0.25) is 12.3 Å². The van der Waals surface area contributed by atoms with E-state index in [2.05, 4.69) is 20.5 Å². The van der Waals surface area contributed by atoms with E-state index in [-0.39, 0.29) is 5.75 Å². The number of ether oxygens (including phenoxy) is 1. The maximum Gasteiger partial charge on any atom is 0.412 e. The highest BCUT2D eigenvalue weighted by Crippen LogP contribution is 2.28. The summed E-state index contributed by atoms with van der Waals surface area (Å²) >= 11 is 0. The molecule has 0 aliphatic carbocycles. The highest BCUT2D eigenvalue weighted by molar-refractivity contribution is 5.73. The molecule has 1 amide bonds. The van der Waals surface area contributed by atoms with Gasteiger partial charge in [-0.1, -0.05) is 6.92 Å². The van der Waals surface area contributed by atoms with Crippen LogP contribution < -0.4 is 10.1 Å². The van der Waals surface area contributed by atoms with Crippen molar-refractivity contribution in [2.45, 2.75) is 13.3 Å². The van der Waals surface area contributed by atoms with Crippen LogP contribution in [-0.4, -0.2) is 27.8 Å². The molecule has 0 aliphatic heterocycles. The van der Waals surface area contributed by atoms with Crippen molar-refractivity contribution in [3.63, 3.8) is 0 Å². The molecule has 0 aliphatic rings. The van der Waals surface area contributed by atoms with Crippen molar-refractivity contribution in [2.75, 3.05) is 6.54 Å². The number of nitrogens with one attached hydrogen (secondary N) is 1. The fraction of sp³-hybridized carbons (Fsp3) is 0.176. The van der Waals surface area contributed by atoms with Crippen LogP contribution in [0, 0.1) is 5.82 Å². The van der Waals surface area contributed by atoms with Gasteiger partial charge in [-0.15, -0.1) is 10.2 Å². The fourth-order valence-corrected chi connectivity index (χ4v) is 2.17. The third-order valence-corrected chi connectivity index (χ3v) is 3.28. The van der Waals surface area contributed by atoms with Crippen LogP contribution in [0.5, 0.6) is 5.75 Å². The molecule has 128 valence electrons. The van der Waals surface area contributed by atoms with Crippen LogP contribution in [0.3, 0.4) is 0 Å². The van der Waals surface area contributed by atoms with Gasteiger partial charge in [-0.05, 0) is 30.2 Å². The Labute approximate surface area is 142 Å². The predicted molar refractivity (Wildman–Crippen MR) is 87.2 cm³/mol. The normalized spacial score (nSPS) is 10.5. The molecule has 0 saturated carbocycles. The molecule has 2 aromatic heterocycles. The van der Waals surface area contributed by atoms with Crippen molar-refractivity contribution in [3.05, 3.63) is 48.9 Å². The number of nitrogens with zero attached hydrogens (tertiary/aromatic N) is 3. The van der Waals surface area contributed by atoms with Gasteiger partial charge < -0.3 is 14.5 Å². The summed E-state index contributed by atoms with van der Waals surface area (Å²) < 4.78 is 24.2. The summed E-state index contributed by atoms with van der Waals surface area (Å²) in [5, 5.41) is 10.00. The first-order valence-corrected chi connectivity index (χ1v) is 7.64. The lowest BCUT2D eigenvalue weighted by molar-refractivity contribution is 0.200. The Morgan fingerprint density at radius 1 is 1.20 bits per heavy atom. The van der Waals surface area contributed by atoms with Crippen LogP contribution >= 0.6 is 0 Å². The van der Waals surface area contributed by atoms with E-state index in [0.29, 0.717) is 29.1 Å². The zero-order valence-corrected chi connectivity index (χ0v) is 13.4. The zero-order chi connectivity index (χ0) is 17.6. The van der Waals surface area contributed by atoms with Crippen molar-refractivity contribution < 1.29 is 18.3 Å². The Balaban J connectivity index is 1.87. The highest BCUT2D eigenvalue weighted by Gasteiger charge is 2.11. The van der Waals surface area contributed by atoms with Gasteiger partial charge in [0.15, 0.2) is 0 Å². The van der Waals surface area contributed by atoms with E-state index in [9.17, 15) is 9.18 Å². The Morgan fingerprint density at radius 3 is 2.80 bits per heavy atom. The number of benzene rings is 1. The monoisotopic (exact) mass is 342 g/mol. The summed E-state index contributed by atoms with van der Waals surface area (Å²) in [6.45, 7) is 2.40. The summed E-state index contributed by atoms with van der Waals surface area (Å²) in [5.74, 6) is -0.119. The maximum atomic E-state index is 13.9. The third kappa shape index (κ3) is 4.17. The first-order chi connectivity index (χ1) is 12.2. The minimum absolute atomic E-state index is 0.104. The van der Waals surface area contributed by atoms with E-state index < -0.39 is 11.9 Å². The SMILES string of the molecule is CCCNC(=O)Oc1cc(F)cc(-c2cncc(-c3nnco3)c2)c1. The number of aromatic nitrogens is 3. The summed E-state index contributed by atoms with van der Waals surface area (Å²) in [7, 11) is 0. The van der Waals surface area contributed by atoms with Crippen molar-refractivity contribution in [1.29, 1.82) is 0 Å². The Morgan fingerprint density at radius 2 is 2.04 bits per heavy atom. The maximum absolute atomic E-state index is 13.9. The number of pyridine rings is 1. The molecule has 2 heterocycles. The first kappa shape index (κ1) is 16.6. The van der Waals surface area contributed by atoms with Crippen LogP contribution in [0.2, 0.25) is 0 Å².